The normalized spacial score (nSPS) is 23.8. The molecule has 2 rings (SSSR count). The molecule has 0 spiro atoms. The minimum absolute atomic E-state index is 0.0519. The van der Waals surface area contributed by atoms with Crippen LogP contribution in [0.25, 0.3) is 0 Å². The highest BCUT2D eigenvalue weighted by atomic mass is 35.5. The predicted molar refractivity (Wildman–Crippen MR) is 81.8 cm³/mol. The number of carbonyl (C=O) groups is 1. The second-order valence-corrected chi connectivity index (χ2v) is 8.34. The van der Waals surface area contributed by atoms with Gasteiger partial charge in [0.25, 0.3) is 5.91 Å². The van der Waals surface area contributed by atoms with Crippen molar-refractivity contribution >= 4 is 38.9 Å². The van der Waals surface area contributed by atoms with E-state index in [1.54, 1.807) is 19.1 Å². The molecular weight excluding hydrogens is 337 g/mol. The monoisotopic (exact) mass is 351 g/mol. The Labute approximate surface area is 133 Å². The average molecular weight is 352 g/mol. The van der Waals surface area contributed by atoms with Crippen molar-refractivity contribution in [3.8, 4) is 5.75 Å². The largest absolute Gasteiger partial charge is 0.482 e. The van der Waals surface area contributed by atoms with Crippen molar-refractivity contribution in [2.45, 2.75) is 18.9 Å². The maximum atomic E-state index is 11.9. The second-order valence-electron chi connectivity index (χ2n) is 5.31. The third-order valence-corrected chi connectivity index (χ3v) is 5.65. The predicted octanol–water partition coefficient (Wildman–Crippen LogP) is 2.07. The lowest BCUT2D eigenvalue weighted by atomic mass is 10.0. The molecule has 116 valence electrons. The fraction of sp³-hybridized carbons (Fsp3) is 0.462. The number of amides is 1. The molecule has 1 N–H and O–H groups in total. The lowest BCUT2D eigenvalue weighted by Gasteiger charge is -2.23. The van der Waals surface area contributed by atoms with Crippen molar-refractivity contribution in [1.29, 1.82) is 0 Å². The topological polar surface area (TPSA) is 72.5 Å². The Morgan fingerprint density at radius 3 is 2.76 bits per heavy atom. The number of nitrogens with one attached hydrogen (secondary N) is 1. The van der Waals surface area contributed by atoms with Gasteiger partial charge in [0.05, 0.1) is 22.1 Å². The SMILES string of the molecule is CC1(NC(=O)COc2cc(Cl)ccc2Cl)CCS(=O)(=O)C1. The fourth-order valence-corrected chi connectivity index (χ4v) is 4.64. The maximum Gasteiger partial charge on any atom is 0.258 e. The van der Waals surface area contributed by atoms with Crippen LogP contribution in [0.5, 0.6) is 5.75 Å². The molecule has 1 unspecified atom stereocenters. The molecule has 21 heavy (non-hydrogen) atoms. The molecule has 1 aromatic carbocycles. The molecule has 1 amide bonds. The van der Waals surface area contributed by atoms with Crippen LogP contribution in [0, 0.1) is 0 Å². The van der Waals surface area contributed by atoms with Crippen molar-refractivity contribution in [2.24, 2.45) is 0 Å². The standard InChI is InChI=1S/C13H15Cl2NO4S/c1-13(4-5-21(18,19)8-13)16-12(17)7-20-11-6-9(14)2-3-10(11)15/h2-3,6H,4-5,7-8H2,1H3,(H,16,17). The summed E-state index contributed by atoms with van der Waals surface area (Å²) in [6, 6.07) is 4.70. The summed E-state index contributed by atoms with van der Waals surface area (Å²) in [6.07, 6.45) is 0.402. The van der Waals surface area contributed by atoms with Crippen LogP contribution in [0.4, 0.5) is 0 Å². The first-order chi connectivity index (χ1) is 9.69. The van der Waals surface area contributed by atoms with Gasteiger partial charge in [-0.3, -0.25) is 4.79 Å². The molecule has 0 aliphatic carbocycles. The van der Waals surface area contributed by atoms with Gasteiger partial charge in [-0.05, 0) is 25.5 Å². The number of halogens is 2. The minimum atomic E-state index is -3.07. The Morgan fingerprint density at radius 2 is 2.14 bits per heavy atom. The molecule has 1 aliphatic rings. The summed E-state index contributed by atoms with van der Waals surface area (Å²) in [4.78, 5) is 11.9. The molecule has 0 saturated carbocycles. The number of hydrogen-bond donors (Lipinski definition) is 1. The van der Waals surface area contributed by atoms with E-state index >= 15 is 0 Å². The average Bonchev–Trinajstić information content (AvgIpc) is 2.64. The van der Waals surface area contributed by atoms with Crippen LogP contribution in [-0.2, 0) is 14.6 Å². The molecule has 1 saturated heterocycles. The third-order valence-electron chi connectivity index (χ3n) is 3.20. The van der Waals surface area contributed by atoms with Gasteiger partial charge in [-0.25, -0.2) is 8.42 Å². The summed E-state index contributed by atoms with van der Waals surface area (Å²) in [5, 5.41) is 3.49. The highest BCUT2D eigenvalue weighted by Crippen LogP contribution is 2.28. The number of sulfone groups is 1. The van der Waals surface area contributed by atoms with Gasteiger partial charge in [-0.2, -0.15) is 0 Å². The molecule has 5 nitrogen and oxygen atoms in total. The Kier molecular flexibility index (Phi) is 4.70. The lowest BCUT2D eigenvalue weighted by molar-refractivity contribution is -0.124. The summed E-state index contributed by atoms with van der Waals surface area (Å²) in [7, 11) is -3.07. The lowest BCUT2D eigenvalue weighted by Crippen LogP contribution is -2.48. The van der Waals surface area contributed by atoms with Crippen LogP contribution >= 0.6 is 23.2 Å². The molecule has 1 fully saturated rings. The molecule has 8 heteroatoms. The molecule has 1 aliphatic heterocycles. The van der Waals surface area contributed by atoms with Crippen molar-refractivity contribution in [2.75, 3.05) is 18.1 Å². The van der Waals surface area contributed by atoms with E-state index in [4.69, 9.17) is 27.9 Å². The van der Waals surface area contributed by atoms with E-state index in [9.17, 15) is 13.2 Å². The van der Waals surface area contributed by atoms with Gasteiger partial charge < -0.3 is 10.1 Å². The van der Waals surface area contributed by atoms with E-state index in [-0.39, 0.29) is 18.1 Å². The zero-order valence-corrected chi connectivity index (χ0v) is 13.7. The molecule has 0 aromatic heterocycles. The van der Waals surface area contributed by atoms with Crippen molar-refractivity contribution in [3.63, 3.8) is 0 Å². The van der Waals surface area contributed by atoms with Crippen LogP contribution in [0.3, 0.4) is 0 Å². The quantitative estimate of drug-likeness (QED) is 0.900. The van der Waals surface area contributed by atoms with Crippen molar-refractivity contribution < 1.29 is 17.9 Å². The Hall–Kier alpha value is -0.980. The Balaban J connectivity index is 1.92. The number of benzene rings is 1. The zero-order chi connectivity index (χ0) is 15.7. The summed E-state index contributed by atoms with van der Waals surface area (Å²) in [5.74, 6) is -0.0526. The van der Waals surface area contributed by atoms with Crippen LogP contribution in [0.1, 0.15) is 13.3 Å². The molecule has 1 aromatic rings. The van der Waals surface area contributed by atoms with Crippen LogP contribution < -0.4 is 10.1 Å². The minimum Gasteiger partial charge on any atom is -0.482 e. The first-order valence-electron chi connectivity index (χ1n) is 6.28. The van der Waals surface area contributed by atoms with E-state index in [2.05, 4.69) is 5.32 Å². The highest BCUT2D eigenvalue weighted by Gasteiger charge is 2.39. The number of carbonyl (C=O) groups excluding carboxylic acids is 1. The van der Waals surface area contributed by atoms with E-state index < -0.39 is 21.3 Å². The van der Waals surface area contributed by atoms with Crippen LogP contribution in [0.2, 0.25) is 10.0 Å². The smallest absolute Gasteiger partial charge is 0.258 e. The number of ether oxygens (including phenoxy) is 1. The first kappa shape index (κ1) is 16.4. The Morgan fingerprint density at radius 1 is 1.43 bits per heavy atom. The number of hydrogen-bond acceptors (Lipinski definition) is 4. The third kappa shape index (κ3) is 4.49. The highest BCUT2D eigenvalue weighted by molar-refractivity contribution is 7.91. The van der Waals surface area contributed by atoms with E-state index in [0.717, 1.165) is 0 Å². The molecule has 0 bridgehead atoms. The maximum absolute atomic E-state index is 11.9. The van der Waals surface area contributed by atoms with Gasteiger partial charge in [0.15, 0.2) is 16.4 Å². The van der Waals surface area contributed by atoms with E-state index in [1.165, 1.54) is 6.07 Å². The molecule has 1 atom stereocenters. The van der Waals surface area contributed by atoms with Crippen molar-refractivity contribution in [3.05, 3.63) is 28.2 Å². The van der Waals surface area contributed by atoms with Crippen molar-refractivity contribution in [1.82, 2.24) is 5.32 Å². The Bertz CT molecular complexity index is 662. The van der Waals surface area contributed by atoms with Gasteiger partial charge in [-0.15, -0.1) is 0 Å². The van der Waals surface area contributed by atoms with Gasteiger partial charge in [0, 0.05) is 11.1 Å². The summed E-state index contributed by atoms with van der Waals surface area (Å²) in [6.45, 7) is 1.46. The van der Waals surface area contributed by atoms with Gasteiger partial charge in [-0.1, -0.05) is 23.2 Å². The summed E-state index contributed by atoms with van der Waals surface area (Å²) >= 11 is 11.7. The van der Waals surface area contributed by atoms with Gasteiger partial charge in [0.2, 0.25) is 0 Å². The molecule has 0 radical (unpaired) electrons. The number of rotatable bonds is 4. The van der Waals surface area contributed by atoms with E-state index in [0.29, 0.717) is 22.2 Å². The van der Waals surface area contributed by atoms with Gasteiger partial charge in [0.1, 0.15) is 5.75 Å². The molecule has 1 heterocycles. The zero-order valence-electron chi connectivity index (χ0n) is 11.4. The molecular formula is C13H15Cl2NO4S. The first-order valence-corrected chi connectivity index (χ1v) is 8.86. The van der Waals surface area contributed by atoms with Crippen LogP contribution in [0.15, 0.2) is 18.2 Å². The van der Waals surface area contributed by atoms with Crippen LogP contribution in [-0.4, -0.2) is 38.0 Å². The fourth-order valence-electron chi connectivity index (χ4n) is 2.21. The summed E-state index contributed by atoms with van der Waals surface area (Å²) in [5.41, 5.74) is -0.739. The summed E-state index contributed by atoms with van der Waals surface area (Å²) < 4.78 is 28.3. The second kappa shape index (κ2) is 6.02. The van der Waals surface area contributed by atoms with Gasteiger partial charge >= 0.3 is 0 Å². The van der Waals surface area contributed by atoms with E-state index in [1.807, 2.05) is 0 Å².